The molecule has 0 unspecified atom stereocenters. The van der Waals surface area contributed by atoms with Crippen LogP contribution in [-0.2, 0) is 9.59 Å². The van der Waals surface area contributed by atoms with Gasteiger partial charge in [-0.2, -0.15) is 0 Å². The van der Waals surface area contributed by atoms with Gasteiger partial charge in [0.2, 0.25) is 5.91 Å². The number of carbonyl (C=O) groups excluding carboxylic acids is 1. The summed E-state index contributed by atoms with van der Waals surface area (Å²) in [5.74, 6) is -0.251. The summed E-state index contributed by atoms with van der Waals surface area (Å²) in [6, 6.07) is 5.41. The van der Waals surface area contributed by atoms with Crippen LogP contribution in [0, 0.1) is 6.92 Å². The molecule has 3 N–H and O–H groups in total. The van der Waals surface area contributed by atoms with Crippen LogP contribution in [0.5, 0.6) is 0 Å². The standard InChI is InChI=1S/C13H15N3O3/c1-8-14-10-6-5-9(7-11(10)15-8)16-12(17)3-2-4-13(18)19/h5-7H,2-4H2,1H3,(H,14,15)(H,16,17)(H,18,19). The van der Waals surface area contributed by atoms with Crippen molar-refractivity contribution in [3.05, 3.63) is 24.0 Å². The Labute approximate surface area is 109 Å². The molecule has 0 aliphatic carbocycles. The minimum Gasteiger partial charge on any atom is -0.481 e. The number of aliphatic carboxylic acids is 1. The van der Waals surface area contributed by atoms with Crippen LogP contribution >= 0.6 is 0 Å². The number of anilines is 1. The van der Waals surface area contributed by atoms with Crippen molar-refractivity contribution in [3.8, 4) is 0 Å². The van der Waals surface area contributed by atoms with Crippen molar-refractivity contribution in [2.24, 2.45) is 0 Å². The first kappa shape index (κ1) is 13.1. The fourth-order valence-electron chi connectivity index (χ4n) is 1.84. The predicted molar refractivity (Wildman–Crippen MR) is 70.9 cm³/mol. The van der Waals surface area contributed by atoms with Gasteiger partial charge in [-0.15, -0.1) is 0 Å². The van der Waals surface area contributed by atoms with E-state index in [0.29, 0.717) is 12.1 Å². The fraction of sp³-hybridized carbons (Fsp3) is 0.308. The lowest BCUT2D eigenvalue weighted by Gasteiger charge is -2.04. The van der Waals surface area contributed by atoms with Crippen LogP contribution in [0.3, 0.4) is 0 Å². The predicted octanol–water partition coefficient (Wildman–Crippen LogP) is 2.06. The molecule has 100 valence electrons. The Morgan fingerprint density at radius 2 is 2.16 bits per heavy atom. The quantitative estimate of drug-likeness (QED) is 0.767. The zero-order valence-electron chi connectivity index (χ0n) is 10.6. The summed E-state index contributed by atoms with van der Waals surface area (Å²) in [6.45, 7) is 1.87. The van der Waals surface area contributed by atoms with Gasteiger partial charge in [0.15, 0.2) is 0 Å². The first-order chi connectivity index (χ1) is 9.04. The molecule has 0 aliphatic heterocycles. The number of aryl methyl sites for hydroxylation is 1. The van der Waals surface area contributed by atoms with E-state index in [1.807, 2.05) is 19.1 Å². The van der Waals surface area contributed by atoms with Crippen LogP contribution in [0.15, 0.2) is 18.2 Å². The zero-order valence-corrected chi connectivity index (χ0v) is 10.6. The average molecular weight is 261 g/mol. The summed E-state index contributed by atoms with van der Waals surface area (Å²) >= 11 is 0. The maximum absolute atomic E-state index is 11.6. The fourth-order valence-corrected chi connectivity index (χ4v) is 1.84. The van der Waals surface area contributed by atoms with Crippen LogP contribution in [0.25, 0.3) is 11.0 Å². The van der Waals surface area contributed by atoms with Crippen LogP contribution in [0.1, 0.15) is 25.1 Å². The summed E-state index contributed by atoms with van der Waals surface area (Å²) < 4.78 is 0. The van der Waals surface area contributed by atoms with Crippen molar-refractivity contribution in [1.82, 2.24) is 9.97 Å². The monoisotopic (exact) mass is 261 g/mol. The number of hydrogen-bond acceptors (Lipinski definition) is 3. The Kier molecular flexibility index (Phi) is 3.79. The number of hydrogen-bond donors (Lipinski definition) is 3. The summed E-state index contributed by atoms with van der Waals surface area (Å²) in [6.07, 6.45) is 0.547. The molecule has 2 rings (SSSR count). The lowest BCUT2D eigenvalue weighted by molar-refractivity contribution is -0.137. The van der Waals surface area contributed by atoms with Gasteiger partial charge in [0.1, 0.15) is 5.82 Å². The lowest BCUT2D eigenvalue weighted by atomic mass is 10.2. The Bertz CT molecular complexity index is 619. The molecule has 0 fully saturated rings. The number of aromatic amines is 1. The van der Waals surface area contributed by atoms with Crippen LogP contribution in [-0.4, -0.2) is 27.0 Å². The molecular weight excluding hydrogens is 246 g/mol. The van der Waals surface area contributed by atoms with E-state index in [0.717, 1.165) is 16.9 Å². The number of carbonyl (C=O) groups is 2. The Morgan fingerprint density at radius 1 is 1.37 bits per heavy atom. The molecule has 0 bridgehead atoms. The Balaban J connectivity index is 1.96. The molecule has 0 radical (unpaired) electrons. The summed E-state index contributed by atoms with van der Waals surface area (Å²) in [5, 5.41) is 11.2. The van der Waals surface area contributed by atoms with Crippen molar-refractivity contribution in [2.45, 2.75) is 26.2 Å². The second-order valence-electron chi connectivity index (χ2n) is 4.35. The molecule has 0 atom stereocenters. The molecule has 2 aromatic rings. The first-order valence-corrected chi connectivity index (χ1v) is 6.02. The highest BCUT2D eigenvalue weighted by Crippen LogP contribution is 2.17. The zero-order chi connectivity index (χ0) is 13.8. The van der Waals surface area contributed by atoms with Gasteiger partial charge in [0, 0.05) is 18.5 Å². The number of benzene rings is 1. The van der Waals surface area contributed by atoms with Gasteiger partial charge in [0.25, 0.3) is 0 Å². The smallest absolute Gasteiger partial charge is 0.303 e. The highest BCUT2D eigenvalue weighted by atomic mass is 16.4. The maximum atomic E-state index is 11.6. The number of nitrogens with zero attached hydrogens (tertiary/aromatic N) is 1. The number of fused-ring (bicyclic) bond motifs is 1. The van der Waals surface area contributed by atoms with Crippen molar-refractivity contribution >= 4 is 28.6 Å². The van der Waals surface area contributed by atoms with E-state index in [1.54, 1.807) is 6.07 Å². The van der Waals surface area contributed by atoms with Gasteiger partial charge in [-0.05, 0) is 31.5 Å². The Morgan fingerprint density at radius 3 is 2.89 bits per heavy atom. The molecule has 0 saturated carbocycles. The van der Waals surface area contributed by atoms with E-state index in [9.17, 15) is 9.59 Å². The molecule has 1 heterocycles. The lowest BCUT2D eigenvalue weighted by Crippen LogP contribution is -2.11. The normalized spacial score (nSPS) is 10.6. The third-order valence-corrected chi connectivity index (χ3v) is 2.68. The molecule has 0 aliphatic rings. The van der Waals surface area contributed by atoms with E-state index in [4.69, 9.17) is 5.11 Å². The van der Waals surface area contributed by atoms with E-state index >= 15 is 0 Å². The third kappa shape index (κ3) is 3.54. The molecule has 0 spiro atoms. The molecule has 1 amide bonds. The molecule has 6 nitrogen and oxygen atoms in total. The third-order valence-electron chi connectivity index (χ3n) is 2.68. The summed E-state index contributed by atoms with van der Waals surface area (Å²) in [5.41, 5.74) is 2.39. The molecule has 1 aromatic carbocycles. The molecule has 0 saturated heterocycles. The number of nitrogens with one attached hydrogen (secondary N) is 2. The summed E-state index contributed by atoms with van der Waals surface area (Å²) in [7, 11) is 0. The molecule has 6 heteroatoms. The number of H-pyrrole nitrogens is 1. The second kappa shape index (κ2) is 5.51. The second-order valence-corrected chi connectivity index (χ2v) is 4.35. The van der Waals surface area contributed by atoms with Crippen molar-refractivity contribution in [2.75, 3.05) is 5.32 Å². The highest BCUT2D eigenvalue weighted by molar-refractivity contribution is 5.93. The Hall–Kier alpha value is -2.37. The van der Waals surface area contributed by atoms with E-state index in [1.165, 1.54) is 0 Å². The van der Waals surface area contributed by atoms with Crippen LogP contribution in [0.4, 0.5) is 5.69 Å². The van der Waals surface area contributed by atoms with E-state index < -0.39 is 5.97 Å². The molecular formula is C13H15N3O3. The van der Waals surface area contributed by atoms with Gasteiger partial charge in [-0.1, -0.05) is 0 Å². The minimum absolute atomic E-state index is 0.00615. The van der Waals surface area contributed by atoms with Crippen LogP contribution < -0.4 is 5.32 Å². The van der Waals surface area contributed by atoms with Gasteiger partial charge in [-0.25, -0.2) is 4.98 Å². The van der Waals surface area contributed by atoms with Gasteiger partial charge >= 0.3 is 5.97 Å². The highest BCUT2D eigenvalue weighted by Gasteiger charge is 2.06. The molecule has 19 heavy (non-hydrogen) atoms. The largest absolute Gasteiger partial charge is 0.481 e. The van der Waals surface area contributed by atoms with Crippen molar-refractivity contribution in [1.29, 1.82) is 0 Å². The number of carboxylic acid groups (broad SMARTS) is 1. The first-order valence-electron chi connectivity index (χ1n) is 6.02. The van der Waals surface area contributed by atoms with E-state index in [-0.39, 0.29) is 18.7 Å². The molecule has 1 aromatic heterocycles. The maximum Gasteiger partial charge on any atom is 0.303 e. The van der Waals surface area contributed by atoms with Crippen molar-refractivity contribution in [3.63, 3.8) is 0 Å². The number of amides is 1. The minimum atomic E-state index is -0.887. The van der Waals surface area contributed by atoms with Crippen molar-refractivity contribution < 1.29 is 14.7 Å². The van der Waals surface area contributed by atoms with Gasteiger partial charge in [-0.3, -0.25) is 9.59 Å². The number of carboxylic acids is 1. The van der Waals surface area contributed by atoms with Gasteiger partial charge < -0.3 is 15.4 Å². The van der Waals surface area contributed by atoms with Crippen LogP contribution in [0.2, 0.25) is 0 Å². The number of rotatable bonds is 5. The number of aromatic nitrogens is 2. The van der Waals surface area contributed by atoms with E-state index in [2.05, 4.69) is 15.3 Å². The topological polar surface area (TPSA) is 95.1 Å². The number of imidazole rings is 1. The average Bonchev–Trinajstić information content (AvgIpc) is 2.67. The summed E-state index contributed by atoms with van der Waals surface area (Å²) in [4.78, 5) is 29.3. The SMILES string of the molecule is Cc1nc2ccc(NC(=O)CCCC(=O)O)cc2[nH]1. The van der Waals surface area contributed by atoms with Gasteiger partial charge in [0.05, 0.1) is 11.0 Å².